The van der Waals surface area contributed by atoms with E-state index in [1.165, 1.54) is 17.8 Å². The van der Waals surface area contributed by atoms with Gasteiger partial charge in [0.05, 0.1) is 22.0 Å². The summed E-state index contributed by atoms with van der Waals surface area (Å²) in [5.41, 5.74) is 2.15. The molecule has 0 saturated carbocycles. The number of carbonyl (C=O) groups is 1. The highest BCUT2D eigenvalue weighted by atomic mass is 32.2. The largest absolute Gasteiger partial charge is 0.323 e. The molecule has 1 unspecified atom stereocenters. The molecule has 0 fully saturated rings. The lowest BCUT2D eigenvalue weighted by atomic mass is 10.3. The predicted octanol–water partition coefficient (Wildman–Crippen LogP) is 4.31. The summed E-state index contributed by atoms with van der Waals surface area (Å²) in [5.74, 6) is -0.691. The van der Waals surface area contributed by atoms with Crippen LogP contribution >= 0.6 is 11.8 Å². The van der Waals surface area contributed by atoms with Gasteiger partial charge in [0.1, 0.15) is 5.82 Å². The number of aromatic nitrogens is 2. The Morgan fingerprint density at radius 1 is 1.25 bits per heavy atom. The van der Waals surface area contributed by atoms with Gasteiger partial charge < -0.3 is 9.88 Å². The molecule has 1 heterocycles. The number of anilines is 1. The number of amides is 1. The molecule has 1 atom stereocenters. The van der Waals surface area contributed by atoms with Gasteiger partial charge in [0, 0.05) is 6.54 Å². The number of hydrogen-bond acceptors (Lipinski definition) is 3. The molecule has 0 bridgehead atoms. The lowest BCUT2D eigenvalue weighted by Crippen LogP contribution is -2.23. The Hall–Kier alpha value is -2.34. The van der Waals surface area contributed by atoms with Gasteiger partial charge >= 0.3 is 0 Å². The molecule has 124 valence electrons. The molecule has 4 nitrogen and oxygen atoms in total. The van der Waals surface area contributed by atoms with Gasteiger partial charge in [0.2, 0.25) is 5.91 Å². The van der Waals surface area contributed by atoms with Crippen LogP contribution in [0.1, 0.15) is 13.8 Å². The molecule has 0 aliphatic carbocycles. The molecular weight excluding hydrogens is 325 g/mol. The maximum absolute atomic E-state index is 13.7. The number of nitrogens with zero attached hydrogens (tertiary/aromatic N) is 2. The van der Waals surface area contributed by atoms with Crippen LogP contribution in [0, 0.1) is 5.82 Å². The average Bonchev–Trinajstić information content (AvgIpc) is 2.93. The standard InChI is InChI=1S/C18H18FN3OS/c1-3-22-16-11-7-6-10-15(16)21-18(22)24-12(2)17(23)20-14-9-5-4-8-13(14)19/h4-12H,3H2,1-2H3,(H,20,23). The summed E-state index contributed by atoms with van der Waals surface area (Å²) >= 11 is 1.37. The van der Waals surface area contributed by atoms with Crippen LogP contribution in [-0.2, 0) is 11.3 Å². The van der Waals surface area contributed by atoms with Gasteiger partial charge in [0.15, 0.2) is 5.16 Å². The minimum atomic E-state index is -0.441. The van der Waals surface area contributed by atoms with Gasteiger partial charge in [-0.2, -0.15) is 0 Å². The number of hydrogen-bond donors (Lipinski definition) is 1. The van der Waals surface area contributed by atoms with Crippen molar-refractivity contribution in [2.45, 2.75) is 30.8 Å². The minimum absolute atomic E-state index is 0.193. The van der Waals surface area contributed by atoms with Crippen LogP contribution in [0.3, 0.4) is 0 Å². The van der Waals surface area contributed by atoms with E-state index in [9.17, 15) is 9.18 Å². The van der Waals surface area contributed by atoms with E-state index in [2.05, 4.69) is 14.9 Å². The number of para-hydroxylation sites is 3. The fourth-order valence-electron chi connectivity index (χ4n) is 2.46. The number of fused-ring (bicyclic) bond motifs is 1. The Bertz CT molecular complexity index is 878. The Morgan fingerprint density at radius 2 is 1.96 bits per heavy atom. The van der Waals surface area contributed by atoms with Gasteiger partial charge in [-0.25, -0.2) is 9.37 Å². The van der Waals surface area contributed by atoms with Gasteiger partial charge in [-0.1, -0.05) is 36.0 Å². The zero-order valence-electron chi connectivity index (χ0n) is 13.5. The van der Waals surface area contributed by atoms with Crippen molar-refractivity contribution in [3.05, 3.63) is 54.3 Å². The first kappa shape index (κ1) is 16.5. The zero-order chi connectivity index (χ0) is 17.1. The molecule has 0 radical (unpaired) electrons. The van der Waals surface area contributed by atoms with E-state index in [0.29, 0.717) is 0 Å². The topological polar surface area (TPSA) is 46.9 Å². The van der Waals surface area contributed by atoms with Crippen LogP contribution in [0.15, 0.2) is 53.7 Å². The van der Waals surface area contributed by atoms with Crippen molar-refractivity contribution >= 4 is 34.4 Å². The molecule has 0 saturated heterocycles. The average molecular weight is 343 g/mol. The van der Waals surface area contributed by atoms with Gasteiger partial charge in [-0.05, 0) is 38.1 Å². The van der Waals surface area contributed by atoms with Crippen LogP contribution in [0.2, 0.25) is 0 Å². The summed E-state index contributed by atoms with van der Waals surface area (Å²) in [6.07, 6.45) is 0. The lowest BCUT2D eigenvalue weighted by molar-refractivity contribution is -0.115. The van der Waals surface area contributed by atoms with E-state index in [4.69, 9.17) is 0 Å². The second-order valence-corrected chi connectivity index (χ2v) is 6.66. The SMILES string of the molecule is CCn1c(SC(C)C(=O)Nc2ccccc2F)nc2ccccc21. The molecule has 2 aromatic carbocycles. The molecule has 24 heavy (non-hydrogen) atoms. The summed E-state index contributed by atoms with van der Waals surface area (Å²) in [4.78, 5) is 17.0. The van der Waals surface area contributed by atoms with Gasteiger partial charge in [-0.3, -0.25) is 4.79 Å². The minimum Gasteiger partial charge on any atom is -0.323 e. The van der Waals surface area contributed by atoms with Crippen molar-refractivity contribution in [2.75, 3.05) is 5.32 Å². The summed E-state index contributed by atoms with van der Waals surface area (Å²) in [5, 5.41) is 3.02. The van der Waals surface area contributed by atoms with E-state index < -0.39 is 11.1 Å². The third-order valence-electron chi connectivity index (χ3n) is 3.72. The molecule has 3 aromatic rings. The van der Waals surface area contributed by atoms with Crippen LogP contribution in [0.5, 0.6) is 0 Å². The normalized spacial score (nSPS) is 12.3. The summed E-state index contributed by atoms with van der Waals surface area (Å²) in [6, 6.07) is 14.0. The van der Waals surface area contributed by atoms with Crippen LogP contribution in [0.4, 0.5) is 10.1 Å². The van der Waals surface area contributed by atoms with E-state index in [1.54, 1.807) is 25.1 Å². The van der Waals surface area contributed by atoms with Crippen molar-refractivity contribution in [1.29, 1.82) is 0 Å². The monoisotopic (exact) mass is 343 g/mol. The van der Waals surface area contributed by atoms with Crippen molar-refractivity contribution in [1.82, 2.24) is 9.55 Å². The number of carbonyl (C=O) groups excluding carboxylic acids is 1. The van der Waals surface area contributed by atoms with Crippen LogP contribution in [-0.4, -0.2) is 20.7 Å². The van der Waals surface area contributed by atoms with Crippen LogP contribution < -0.4 is 5.32 Å². The highest BCUT2D eigenvalue weighted by Gasteiger charge is 2.19. The quantitative estimate of drug-likeness (QED) is 0.702. The first-order valence-electron chi connectivity index (χ1n) is 7.77. The number of benzene rings is 2. The van der Waals surface area contributed by atoms with E-state index in [1.807, 2.05) is 31.2 Å². The Kier molecular flexibility index (Phi) is 4.85. The van der Waals surface area contributed by atoms with Crippen molar-refractivity contribution in [3.63, 3.8) is 0 Å². The maximum Gasteiger partial charge on any atom is 0.237 e. The number of thioether (sulfide) groups is 1. The van der Waals surface area contributed by atoms with Crippen molar-refractivity contribution in [3.8, 4) is 0 Å². The molecule has 1 amide bonds. The molecule has 1 aromatic heterocycles. The highest BCUT2D eigenvalue weighted by molar-refractivity contribution is 8.00. The Balaban J connectivity index is 1.78. The smallest absolute Gasteiger partial charge is 0.237 e. The van der Waals surface area contributed by atoms with Gasteiger partial charge in [-0.15, -0.1) is 0 Å². The zero-order valence-corrected chi connectivity index (χ0v) is 14.3. The number of imidazole rings is 1. The van der Waals surface area contributed by atoms with Crippen molar-refractivity contribution < 1.29 is 9.18 Å². The molecule has 1 N–H and O–H groups in total. The first-order chi connectivity index (χ1) is 11.6. The predicted molar refractivity (Wildman–Crippen MR) is 95.8 cm³/mol. The summed E-state index contributed by atoms with van der Waals surface area (Å²) in [6.45, 7) is 4.60. The fraction of sp³-hybridized carbons (Fsp3) is 0.222. The summed E-state index contributed by atoms with van der Waals surface area (Å²) < 4.78 is 15.7. The summed E-state index contributed by atoms with van der Waals surface area (Å²) in [7, 11) is 0. The third-order valence-corrected chi connectivity index (χ3v) is 4.81. The molecule has 0 aliphatic heterocycles. The molecule has 6 heteroatoms. The van der Waals surface area contributed by atoms with E-state index >= 15 is 0 Å². The van der Waals surface area contributed by atoms with Crippen LogP contribution in [0.25, 0.3) is 11.0 Å². The molecule has 0 spiro atoms. The van der Waals surface area contributed by atoms with E-state index in [0.717, 1.165) is 22.7 Å². The number of aryl methyl sites for hydroxylation is 1. The molecule has 0 aliphatic rings. The fourth-order valence-corrected chi connectivity index (χ4v) is 3.45. The number of halogens is 1. The maximum atomic E-state index is 13.7. The van der Waals surface area contributed by atoms with Gasteiger partial charge in [0.25, 0.3) is 0 Å². The Morgan fingerprint density at radius 3 is 2.71 bits per heavy atom. The highest BCUT2D eigenvalue weighted by Crippen LogP contribution is 2.28. The number of nitrogens with one attached hydrogen (secondary N) is 1. The lowest BCUT2D eigenvalue weighted by Gasteiger charge is -2.13. The third kappa shape index (κ3) is 3.28. The Labute approximate surface area is 144 Å². The second-order valence-electron chi connectivity index (χ2n) is 5.36. The first-order valence-corrected chi connectivity index (χ1v) is 8.65. The molecular formula is C18H18FN3OS. The molecule has 3 rings (SSSR count). The second kappa shape index (κ2) is 7.05. The van der Waals surface area contributed by atoms with E-state index in [-0.39, 0.29) is 11.6 Å². The number of rotatable bonds is 5. The van der Waals surface area contributed by atoms with Crippen molar-refractivity contribution in [2.24, 2.45) is 0 Å².